The van der Waals surface area contributed by atoms with Crippen molar-refractivity contribution in [3.05, 3.63) is 119 Å². The molecule has 0 atom stereocenters. The highest BCUT2D eigenvalue weighted by Crippen LogP contribution is 2.48. The van der Waals surface area contributed by atoms with E-state index in [1.54, 1.807) is 34.0 Å². The number of aryl methyl sites for hydroxylation is 2. The van der Waals surface area contributed by atoms with E-state index in [1.807, 2.05) is 22.7 Å². The van der Waals surface area contributed by atoms with Crippen molar-refractivity contribution in [1.29, 1.82) is 0 Å². The van der Waals surface area contributed by atoms with Crippen molar-refractivity contribution in [2.24, 2.45) is 5.73 Å². The van der Waals surface area contributed by atoms with Crippen molar-refractivity contribution in [3.8, 4) is 59.9 Å². The monoisotopic (exact) mass is 693 g/mol. The Morgan fingerprint density at radius 2 is 1.07 bits per heavy atom. The van der Waals surface area contributed by atoms with Crippen LogP contribution in [-0.4, -0.2) is 11.1 Å². The van der Waals surface area contributed by atoms with E-state index in [2.05, 4.69) is 111 Å². The van der Waals surface area contributed by atoms with Crippen LogP contribution in [0.1, 0.15) is 29.2 Å². The van der Waals surface area contributed by atoms with Crippen LogP contribution < -0.4 is 5.73 Å². The molecule has 0 fully saturated rings. The maximum absolute atomic E-state index is 11.9. The van der Waals surface area contributed by atoms with E-state index in [9.17, 15) is 9.90 Å². The lowest BCUT2D eigenvalue weighted by atomic mass is 10.1. The minimum atomic E-state index is -0.811. The van der Waals surface area contributed by atoms with Gasteiger partial charge in [0.05, 0.1) is 6.42 Å². The van der Waals surface area contributed by atoms with Gasteiger partial charge >= 0.3 is 5.97 Å². The molecule has 3 N–H and O–H groups in total. The fourth-order valence-electron chi connectivity index (χ4n) is 5.44. The van der Waals surface area contributed by atoms with Crippen molar-refractivity contribution in [2.75, 3.05) is 0 Å². The van der Waals surface area contributed by atoms with Gasteiger partial charge in [-0.1, -0.05) is 55.5 Å². The average molecular weight is 694 g/mol. The molecule has 230 valence electrons. The molecule has 46 heavy (non-hydrogen) atoms. The van der Waals surface area contributed by atoms with Gasteiger partial charge in [-0.05, 0) is 95.3 Å². The molecular weight excluding hydrogens is 663 g/mol. The van der Waals surface area contributed by atoms with Gasteiger partial charge in [0.2, 0.25) is 0 Å². The summed E-state index contributed by atoms with van der Waals surface area (Å²) in [7, 11) is 0. The molecule has 0 bridgehead atoms. The minimum absolute atomic E-state index is 0.00756. The van der Waals surface area contributed by atoms with Crippen LogP contribution in [0.2, 0.25) is 0 Å². The molecule has 5 aromatic heterocycles. The number of carbonyl (C=O) groups is 1. The lowest BCUT2D eigenvalue weighted by Crippen LogP contribution is -1.99. The van der Waals surface area contributed by atoms with E-state index < -0.39 is 5.97 Å². The van der Waals surface area contributed by atoms with Gasteiger partial charge in [-0.15, -0.1) is 56.7 Å². The minimum Gasteiger partial charge on any atom is -0.481 e. The van der Waals surface area contributed by atoms with E-state index in [-0.39, 0.29) is 6.42 Å². The molecular formula is C38H31NO2S5. The molecule has 5 heterocycles. The van der Waals surface area contributed by atoms with Gasteiger partial charge in [-0.3, -0.25) is 4.79 Å². The predicted molar refractivity (Wildman–Crippen MR) is 202 cm³/mol. The zero-order valence-corrected chi connectivity index (χ0v) is 29.4. The van der Waals surface area contributed by atoms with Gasteiger partial charge < -0.3 is 10.8 Å². The van der Waals surface area contributed by atoms with Crippen molar-refractivity contribution in [2.45, 2.75) is 33.2 Å². The van der Waals surface area contributed by atoms with Crippen LogP contribution >= 0.6 is 56.7 Å². The lowest BCUT2D eigenvalue weighted by Gasteiger charge is -1.99. The van der Waals surface area contributed by atoms with E-state index in [4.69, 9.17) is 5.73 Å². The maximum atomic E-state index is 11.9. The molecule has 8 heteroatoms. The Balaban J connectivity index is 1.16. The molecule has 7 rings (SSSR count). The van der Waals surface area contributed by atoms with Crippen LogP contribution in [0, 0.1) is 6.92 Å². The molecule has 2 aromatic carbocycles. The number of hydrogen-bond donors (Lipinski definition) is 2. The number of rotatable bonds is 10. The molecule has 0 aliphatic rings. The van der Waals surface area contributed by atoms with Crippen molar-refractivity contribution >= 4 is 62.7 Å². The van der Waals surface area contributed by atoms with Crippen LogP contribution in [0.25, 0.3) is 59.9 Å². The number of benzene rings is 2. The van der Waals surface area contributed by atoms with Crippen LogP contribution in [0.3, 0.4) is 0 Å². The Kier molecular flexibility index (Phi) is 8.92. The second-order valence-corrected chi connectivity index (χ2v) is 16.5. The number of thiophene rings is 5. The summed E-state index contributed by atoms with van der Waals surface area (Å²) in [6, 6.07) is 34.7. The molecule has 3 nitrogen and oxygen atoms in total. The van der Waals surface area contributed by atoms with Gasteiger partial charge in [0, 0.05) is 55.3 Å². The van der Waals surface area contributed by atoms with Gasteiger partial charge in [0.1, 0.15) is 0 Å². The summed E-state index contributed by atoms with van der Waals surface area (Å²) in [4.78, 5) is 23.8. The zero-order valence-electron chi connectivity index (χ0n) is 25.3. The first-order valence-corrected chi connectivity index (χ1v) is 19.1. The van der Waals surface area contributed by atoms with E-state index >= 15 is 0 Å². The number of carboxylic acid groups (broad SMARTS) is 1. The molecule has 0 aliphatic carbocycles. The number of hydrogen-bond acceptors (Lipinski definition) is 7. The van der Waals surface area contributed by atoms with Crippen molar-refractivity contribution in [3.63, 3.8) is 0 Å². The molecule has 7 aromatic rings. The Morgan fingerprint density at radius 1 is 0.587 bits per heavy atom. The van der Waals surface area contributed by atoms with Gasteiger partial charge in [0.25, 0.3) is 0 Å². The second kappa shape index (κ2) is 13.2. The van der Waals surface area contributed by atoms with Crippen LogP contribution in [0.5, 0.6) is 0 Å². The Bertz CT molecular complexity index is 2140. The highest BCUT2D eigenvalue weighted by atomic mass is 32.1. The molecule has 0 saturated carbocycles. The maximum Gasteiger partial charge on any atom is 0.307 e. The van der Waals surface area contributed by atoms with Crippen molar-refractivity contribution in [1.82, 2.24) is 0 Å². The van der Waals surface area contributed by atoms with E-state index in [0.29, 0.717) is 6.54 Å². The van der Waals surface area contributed by atoms with E-state index in [0.717, 1.165) is 32.2 Å². The van der Waals surface area contributed by atoms with Crippen LogP contribution in [-0.2, 0) is 24.2 Å². The molecule has 0 radical (unpaired) electrons. The molecule has 0 amide bonds. The van der Waals surface area contributed by atoms with E-state index in [1.165, 1.54) is 56.4 Å². The molecule has 0 aliphatic heterocycles. The second-order valence-electron chi connectivity index (χ2n) is 11.1. The average Bonchev–Trinajstić information content (AvgIpc) is 3.91. The number of nitrogens with two attached hydrogens (primary N) is 1. The Labute approximate surface area is 288 Å². The lowest BCUT2D eigenvalue weighted by molar-refractivity contribution is -0.136. The standard InChI is InChI=1S/C38H31NO2S5/c1-3-23-4-8-25(9-5-23)28-13-15-31(43-28)35-19-27(20-36(40)41)38(46-35)33-17-16-32(44-33)37-22(2)18-34(45-37)30-14-12-29(42-30)26-10-6-24(21-39)7-11-26/h4-19H,3,20-21,39H2,1-2H3,(H,40,41). The smallest absolute Gasteiger partial charge is 0.307 e. The number of aliphatic carboxylic acids is 1. The summed E-state index contributed by atoms with van der Waals surface area (Å²) in [6.45, 7) is 4.90. The quantitative estimate of drug-likeness (QED) is 0.150. The Hall–Kier alpha value is -3.63. The summed E-state index contributed by atoms with van der Waals surface area (Å²) in [5, 5.41) is 9.75. The van der Waals surface area contributed by atoms with Crippen molar-refractivity contribution < 1.29 is 9.90 Å². The third-order valence-corrected chi connectivity index (χ3v) is 14.5. The fourth-order valence-corrected chi connectivity index (χ4v) is 11.3. The molecule has 0 saturated heterocycles. The highest BCUT2D eigenvalue weighted by Gasteiger charge is 2.20. The summed E-state index contributed by atoms with van der Waals surface area (Å²) >= 11 is 8.84. The fraction of sp³-hybridized carbons (Fsp3) is 0.132. The Morgan fingerprint density at radius 3 is 1.63 bits per heavy atom. The van der Waals surface area contributed by atoms with Crippen LogP contribution in [0.4, 0.5) is 0 Å². The highest BCUT2D eigenvalue weighted by molar-refractivity contribution is 7.30. The molecule has 0 unspecified atom stereocenters. The van der Waals surface area contributed by atoms with Gasteiger partial charge in [-0.25, -0.2) is 0 Å². The number of carboxylic acids is 1. The first-order valence-electron chi connectivity index (χ1n) is 15.0. The predicted octanol–water partition coefficient (Wildman–Crippen LogP) is 12.0. The summed E-state index contributed by atoms with van der Waals surface area (Å²) in [5.41, 5.74) is 12.8. The topological polar surface area (TPSA) is 63.3 Å². The third-order valence-electron chi connectivity index (χ3n) is 7.94. The SMILES string of the molecule is CCc1ccc(-c2ccc(-c3cc(CC(=O)O)c(-c4ccc(-c5sc(-c6ccc(-c7ccc(CN)cc7)s6)cc5C)s4)s3)s2)cc1. The summed E-state index contributed by atoms with van der Waals surface area (Å²) < 4.78 is 0. The van der Waals surface area contributed by atoms with Crippen LogP contribution in [0.15, 0.2) is 97.1 Å². The molecule has 0 spiro atoms. The third kappa shape index (κ3) is 6.34. The van der Waals surface area contributed by atoms with Gasteiger partial charge in [-0.2, -0.15) is 0 Å². The summed E-state index contributed by atoms with van der Waals surface area (Å²) in [6.07, 6.45) is 1.03. The van der Waals surface area contributed by atoms with Gasteiger partial charge in [0.15, 0.2) is 0 Å². The summed E-state index contributed by atoms with van der Waals surface area (Å²) in [5.74, 6) is -0.811. The zero-order chi connectivity index (χ0) is 31.8. The largest absolute Gasteiger partial charge is 0.481 e. The first-order chi connectivity index (χ1) is 22.4. The normalized spacial score (nSPS) is 11.4. The first kappa shape index (κ1) is 31.0.